The minimum absolute atomic E-state index is 0.874. The predicted octanol–water partition coefficient (Wildman–Crippen LogP) is 16.2. The number of hydrogen-bond donors (Lipinski definition) is 0. The Morgan fingerprint density at radius 2 is 1.02 bits per heavy atom. The van der Waals surface area contributed by atoms with Crippen LogP contribution in [0.3, 0.4) is 0 Å². The van der Waals surface area contributed by atoms with E-state index in [1.54, 1.807) is 0 Å². The highest BCUT2D eigenvalue weighted by atomic mass is 32.1. The van der Waals surface area contributed by atoms with E-state index in [0.29, 0.717) is 0 Å². The first-order valence-corrected chi connectivity index (χ1v) is 20.2. The fourth-order valence-corrected chi connectivity index (χ4v) is 10.3. The van der Waals surface area contributed by atoms with Gasteiger partial charge in [-0.25, -0.2) is 0 Å². The minimum Gasteiger partial charge on any atom is -0.455 e. The number of para-hydroxylation sites is 1. The summed E-state index contributed by atoms with van der Waals surface area (Å²) in [6.07, 6.45) is 0. The van der Waals surface area contributed by atoms with Gasteiger partial charge in [-0.15, -0.1) is 11.3 Å². The fraction of sp³-hybridized carbons (Fsp3) is 0. The van der Waals surface area contributed by atoms with Crippen molar-refractivity contribution < 1.29 is 4.42 Å². The Balaban J connectivity index is 1.15. The van der Waals surface area contributed by atoms with E-state index in [9.17, 15) is 0 Å². The third-order valence-electron chi connectivity index (χ3n) is 11.6. The summed E-state index contributed by atoms with van der Waals surface area (Å²) in [5.74, 6) is 0. The van der Waals surface area contributed by atoms with Crippen LogP contribution < -0.4 is 4.90 Å². The van der Waals surface area contributed by atoms with Crippen LogP contribution in [-0.4, -0.2) is 0 Å². The summed E-state index contributed by atoms with van der Waals surface area (Å²) in [4.78, 5) is 2.44. The molecule has 12 rings (SSSR count). The molecular weight excluding hydrogens is 711 g/mol. The first-order chi connectivity index (χ1) is 28.3. The number of anilines is 3. The molecule has 0 aliphatic carbocycles. The van der Waals surface area contributed by atoms with E-state index in [0.717, 1.165) is 50.1 Å². The van der Waals surface area contributed by atoms with Gasteiger partial charge in [0, 0.05) is 42.5 Å². The fourth-order valence-electron chi connectivity index (χ4n) is 9.00. The Morgan fingerprint density at radius 1 is 0.386 bits per heavy atom. The van der Waals surface area contributed by atoms with Crippen LogP contribution in [0.5, 0.6) is 0 Å². The maximum Gasteiger partial charge on any atom is 0.145 e. The predicted molar refractivity (Wildman–Crippen MR) is 245 cm³/mol. The molecule has 2 heterocycles. The van der Waals surface area contributed by atoms with Crippen molar-refractivity contribution in [1.82, 2.24) is 0 Å². The molecule has 10 aromatic carbocycles. The quantitative estimate of drug-likeness (QED) is 0.163. The van der Waals surface area contributed by atoms with Crippen molar-refractivity contribution in [3.63, 3.8) is 0 Å². The molecule has 0 radical (unpaired) electrons. The Labute approximate surface area is 333 Å². The molecule has 0 unspecified atom stereocenters. The van der Waals surface area contributed by atoms with Gasteiger partial charge in [0.1, 0.15) is 11.2 Å². The molecule has 3 heteroatoms. The van der Waals surface area contributed by atoms with Gasteiger partial charge < -0.3 is 9.32 Å². The van der Waals surface area contributed by atoms with E-state index >= 15 is 0 Å². The summed E-state index contributed by atoms with van der Waals surface area (Å²) in [6.45, 7) is 0. The van der Waals surface area contributed by atoms with Crippen LogP contribution in [0, 0.1) is 0 Å². The molecule has 0 saturated carbocycles. The summed E-state index contributed by atoms with van der Waals surface area (Å²) < 4.78 is 9.48. The lowest BCUT2D eigenvalue weighted by Crippen LogP contribution is -2.10. The van der Waals surface area contributed by atoms with Gasteiger partial charge in [-0.1, -0.05) is 158 Å². The molecule has 0 aliphatic rings. The van der Waals surface area contributed by atoms with Crippen LogP contribution in [0.25, 0.3) is 96.7 Å². The van der Waals surface area contributed by atoms with Crippen LogP contribution in [0.4, 0.5) is 17.1 Å². The molecule has 0 spiro atoms. The zero-order valence-corrected chi connectivity index (χ0v) is 31.6. The molecular formula is C54H33NOS. The third-order valence-corrected chi connectivity index (χ3v) is 12.8. The number of hydrogen-bond acceptors (Lipinski definition) is 3. The van der Waals surface area contributed by atoms with Crippen molar-refractivity contribution in [3.8, 4) is 22.3 Å². The van der Waals surface area contributed by atoms with Crippen molar-refractivity contribution in [2.75, 3.05) is 4.90 Å². The van der Waals surface area contributed by atoms with E-state index in [2.05, 4.69) is 205 Å². The highest BCUT2D eigenvalue weighted by Crippen LogP contribution is 2.49. The molecule has 57 heavy (non-hydrogen) atoms. The maximum absolute atomic E-state index is 6.92. The molecule has 2 aromatic heterocycles. The molecule has 12 aromatic rings. The summed E-state index contributed by atoms with van der Waals surface area (Å²) >= 11 is 1.87. The third kappa shape index (κ3) is 5.03. The number of rotatable bonds is 5. The second kappa shape index (κ2) is 12.7. The largest absolute Gasteiger partial charge is 0.455 e. The first-order valence-electron chi connectivity index (χ1n) is 19.4. The Hall–Kier alpha value is -7.20. The lowest BCUT2D eigenvalue weighted by Gasteiger charge is -2.27. The van der Waals surface area contributed by atoms with Crippen molar-refractivity contribution in [2.24, 2.45) is 0 Å². The van der Waals surface area contributed by atoms with Gasteiger partial charge in [-0.05, 0) is 91.5 Å². The molecule has 0 bridgehead atoms. The average Bonchev–Trinajstić information content (AvgIpc) is 3.86. The van der Waals surface area contributed by atoms with Crippen LogP contribution in [0.2, 0.25) is 0 Å². The molecule has 0 aliphatic heterocycles. The molecule has 0 N–H and O–H groups in total. The van der Waals surface area contributed by atoms with E-state index in [1.165, 1.54) is 63.6 Å². The standard InChI is InChI=1S/C54H33NOS/c1-2-12-35(13-3-1)42-20-11-22-46-44-29-28-39(33-51(44)57-54(42)46)55(38-27-26-37-25-24-36-15-5-7-18-41(36)48(37)32-38)49-31-30-45(43-21-10-16-34-14-4-6-17-40(34)43)53-52(49)47-19-8-9-23-50(47)56-53/h1-33H. The van der Waals surface area contributed by atoms with Crippen molar-refractivity contribution in [2.45, 2.75) is 0 Å². The molecule has 266 valence electrons. The number of thiophene rings is 1. The van der Waals surface area contributed by atoms with Crippen LogP contribution in [0.1, 0.15) is 0 Å². The number of benzene rings is 10. The lowest BCUT2D eigenvalue weighted by molar-refractivity contribution is 0.670. The number of nitrogens with zero attached hydrogens (tertiary/aromatic N) is 1. The summed E-state index contributed by atoms with van der Waals surface area (Å²) in [5.41, 5.74) is 9.77. The van der Waals surface area contributed by atoms with E-state index in [1.807, 2.05) is 11.3 Å². The van der Waals surface area contributed by atoms with Gasteiger partial charge in [-0.2, -0.15) is 0 Å². The molecule has 0 saturated heterocycles. The Bertz CT molecular complexity index is 3530. The topological polar surface area (TPSA) is 16.4 Å². The van der Waals surface area contributed by atoms with Gasteiger partial charge in [0.2, 0.25) is 0 Å². The molecule has 2 nitrogen and oxygen atoms in total. The summed E-state index contributed by atoms with van der Waals surface area (Å²) in [7, 11) is 0. The Kier molecular flexibility index (Phi) is 7.13. The summed E-state index contributed by atoms with van der Waals surface area (Å²) in [5, 5.41) is 12.1. The van der Waals surface area contributed by atoms with Crippen LogP contribution in [0.15, 0.2) is 205 Å². The molecule has 0 amide bonds. The van der Waals surface area contributed by atoms with Gasteiger partial charge >= 0.3 is 0 Å². The highest BCUT2D eigenvalue weighted by Gasteiger charge is 2.24. The highest BCUT2D eigenvalue weighted by molar-refractivity contribution is 7.26. The van der Waals surface area contributed by atoms with E-state index in [4.69, 9.17) is 4.42 Å². The second-order valence-corrected chi connectivity index (χ2v) is 15.9. The second-order valence-electron chi connectivity index (χ2n) is 14.8. The zero-order chi connectivity index (χ0) is 37.5. The van der Waals surface area contributed by atoms with Gasteiger partial charge in [0.05, 0.1) is 11.1 Å². The van der Waals surface area contributed by atoms with E-state index in [-0.39, 0.29) is 0 Å². The van der Waals surface area contributed by atoms with E-state index < -0.39 is 0 Å². The average molecular weight is 744 g/mol. The minimum atomic E-state index is 0.874. The number of fused-ring (bicyclic) bond motifs is 10. The normalized spacial score (nSPS) is 11.9. The SMILES string of the molecule is c1ccc(-c2cccc3c2sc2cc(N(c4ccc5ccc6ccccc6c5c4)c4ccc(-c5cccc6ccccc56)c5oc6ccccc6c45)ccc23)cc1. The van der Waals surface area contributed by atoms with Crippen molar-refractivity contribution in [3.05, 3.63) is 200 Å². The van der Waals surface area contributed by atoms with Crippen molar-refractivity contribution in [1.29, 1.82) is 0 Å². The maximum atomic E-state index is 6.92. The van der Waals surface area contributed by atoms with Crippen LogP contribution >= 0.6 is 11.3 Å². The molecule has 0 atom stereocenters. The monoisotopic (exact) mass is 743 g/mol. The first kappa shape index (κ1) is 32.1. The van der Waals surface area contributed by atoms with Crippen molar-refractivity contribution >= 4 is 103 Å². The zero-order valence-electron chi connectivity index (χ0n) is 30.8. The lowest BCUT2D eigenvalue weighted by atomic mass is 9.95. The molecule has 0 fully saturated rings. The van der Waals surface area contributed by atoms with Gasteiger partial charge in [-0.3, -0.25) is 0 Å². The van der Waals surface area contributed by atoms with Gasteiger partial charge in [0.15, 0.2) is 0 Å². The van der Waals surface area contributed by atoms with Crippen LogP contribution in [-0.2, 0) is 0 Å². The number of furan rings is 1. The Morgan fingerprint density at radius 3 is 1.89 bits per heavy atom. The summed E-state index contributed by atoms with van der Waals surface area (Å²) in [6, 6.07) is 72.7. The smallest absolute Gasteiger partial charge is 0.145 e. The van der Waals surface area contributed by atoms with Gasteiger partial charge in [0.25, 0.3) is 0 Å².